The number of anilines is 1. The highest BCUT2D eigenvalue weighted by atomic mass is 16.2. The number of imidazole rings is 1. The lowest BCUT2D eigenvalue weighted by Crippen LogP contribution is -2.31. The maximum atomic E-state index is 12.9. The van der Waals surface area contributed by atoms with Gasteiger partial charge in [-0.1, -0.05) is 39.3 Å². The van der Waals surface area contributed by atoms with Gasteiger partial charge in [0.2, 0.25) is 5.91 Å². The third-order valence-electron chi connectivity index (χ3n) is 6.49. The van der Waals surface area contributed by atoms with Crippen LogP contribution in [0.1, 0.15) is 69.8 Å². The van der Waals surface area contributed by atoms with Crippen molar-refractivity contribution in [3.63, 3.8) is 0 Å². The SMILES string of the molecule is CCCCn1c(=O)[nH]c(=O)c2c1nc(CCC(=O)Nc1cccc3c1CCCC3)n2CC(C)C. The molecule has 1 aromatic carbocycles. The molecule has 2 aromatic heterocycles. The van der Waals surface area contributed by atoms with Gasteiger partial charge in [0, 0.05) is 31.6 Å². The molecule has 1 amide bonds. The second-order valence-electron chi connectivity index (χ2n) is 9.67. The molecule has 182 valence electrons. The minimum atomic E-state index is -0.432. The van der Waals surface area contributed by atoms with Gasteiger partial charge in [0.25, 0.3) is 5.56 Å². The Morgan fingerprint density at radius 3 is 2.74 bits per heavy atom. The van der Waals surface area contributed by atoms with Crippen molar-refractivity contribution in [3.05, 3.63) is 56.0 Å². The zero-order valence-corrected chi connectivity index (χ0v) is 20.4. The van der Waals surface area contributed by atoms with E-state index in [1.54, 1.807) is 4.57 Å². The normalized spacial score (nSPS) is 13.4. The first-order chi connectivity index (χ1) is 16.4. The van der Waals surface area contributed by atoms with E-state index in [1.807, 2.05) is 16.7 Å². The summed E-state index contributed by atoms with van der Waals surface area (Å²) in [5.74, 6) is 0.867. The Kier molecular flexibility index (Phi) is 7.34. The molecule has 2 heterocycles. The van der Waals surface area contributed by atoms with Crippen molar-refractivity contribution in [2.45, 2.75) is 85.2 Å². The minimum absolute atomic E-state index is 0.0700. The molecule has 0 atom stereocenters. The number of aromatic amines is 1. The van der Waals surface area contributed by atoms with E-state index in [4.69, 9.17) is 4.98 Å². The second kappa shape index (κ2) is 10.4. The highest BCUT2D eigenvalue weighted by Gasteiger charge is 2.20. The largest absolute Gasteiger partial charge is 0.330 e. The quantitative estimate of drug-likeness (QED) is 0.502. The van der Waals surface area contributed by atoms with Crippen LogP contribution in [0.3, 0.4) is 0 Å². The average Bonchev–Trinajstić information content (AvgIpc) is 3.15. The van der Waals surface area contributed by atoms with Gasteiger partial charge in [0.05, 0.1) is 0 Å². The molecule has 0 saturated carbocycles. The number of carbonyl (C=O) groups is 1. The van der Waals surface area contributed by atoms with Crippen molar-refractivity contribution >= 4 is 22.8 Å². The fourth-order valence-corrected chi connectivity index (χ4v) is 4.83. The number of aryl methyl sites for hydroxylation is 3. The Morgan fingerprint density at radius 2 is 1.97 bits per heavy atom. The smallest absolute Gasteiger partial charge is 0.326 e. The molecule has 0 spiro atoms. The van der Waals surface area contributed by atoms with Gasteiger partial charge >= 0.3 is 5.69 Å². The van der Waals surface area contributed by atoms with Crippen molar-refractivity contribution < 1.29 is 4.79 Å². The lowest BCUT2D eigenvalue weighted by atomic mass is 9.90. The molecular formula is C26H35N5O3. The van der Waals surface area contributed by atoms with Gasteiger partial charge < -0.3 is 9.88 Å². The number of nitrogens with zero attached hydrogens (tertiary/aromatic N) is 3. The van der Waals surface area contributed by atoms with Gasteiger partial charge in [-0.25, -0.2) is 9.78 Å². The van der Waals surface area contributed by atoms with Crippen LogP contribution in [0.25, 0.3) is 11.2 Å². The first kappa shape index (κ1) is 24.0. The van der Waals surface area contributed by atoms with E-state index >= 15 is 0 Å². The van der Waals surface area contributed by atoms with Crippen molar-refractivity contribution in [1.82, 2.24) is 19.1 Å². The number of carbonyl (C=O) groups excluding carboxylic acids is 1. The third-order valence-corrected chi connectivity index (χ3v) is 6.49. The molecule has 4 rings (SSSR count). The molecule has 34 heavy (non-hydrogen) atoms. The fourth-order valence-electron chi connectivity index (χ4n) is 4.83. The van der Waals surface area contributed by atoms with E-state index in [9.17, 15) is 14.4 Å². The number of aromatic nitrogens is 4. The lowest BCUT2D eigenvalue weighted by molar-refractivity contribution is -0.116. The van der Waals surface area contributed by atoms with E-state index in [-0.39, 0.29) is 18.2 Å². The van der Waals surface area contributed by atoms with Gasteiger partial charge in [0.15, 0.2) is 11.2 Å². The Hall–Kier alpha value is -3.16. The summed E-state index contributed by atoms with van der Waals surface area (Å²) in [6, 6.07) is 6.12. The molecule has 8 heteroatoms. The molecule has 1 aliphatic carbocycles. The van der Waals surface area contributed by atoms with Gasteiger partial charge in [-0.2, -0.15) is 0 Å². The van der Waals surface area contributed by atoms with Crippen LogP contribution in [-0.4, -0.2) is 25.0 Å². The molecule has 0 aliphatic heterocycles. The summed E-state index contributed by atoms with van der Waals surface area (Å²) in [6.07, 6.45) is 6.78. The maximum absolute atomic E-state index is 12.9. The van der Waals surface area contributed by atoms with E-state index in [1.165, 1.54) is 17.5 Å². The predicted molar refractivity (Wildman–Crippen MR) is 134 cm³/mol. The van der Waals surface area contributed by atoms with Crippen molar-refractivity contribution in [2.75, 3.05) is 5.32 Å². The zero-order valence-electron chi connectivity index (χ0n) is 20.4. The number of benzene rings is 1. The standard InChI is InChI=1S/C26H35N5O3/c1-4-5-15-30-24-23(25(33)29-26(30)34)31(16-17(2)3)21(28-24)13-14-22(32)27-20-12-8-10-18-9-6-7-11-19(18)20/h8,10,12,17H,4-7,9,11,13-16H2,1-3H3,(H,27,32)(H,29,33,34). The number of rotatable bonds is 9. The molecule has 0 unspecified atom stereocenters. The predicted octanol–water partition coefficient (Wildman–Crippen LogP) is 3.79. The second-order valence-corrected chi connectivity index (χ2v) is 9.67. The summed E-state index contributed by atoms with van der Waals surface area (Å²) in [4.78, 5) is 45.3. The number of nitrogens with one attached hydrogen (secondary N) is 2. The highest BCUT2D eigenvalue weighted by molar-refractivity contribution is 5.92. The number of hydrogen-bond donors (Lipinski definition) is 2. The van der Waals surface area contributed by atoms with Gasteiger partial charge in [-0.3, -0.25) is 19.1 Å². The summed E-state index contributed by atoms with van der Waals surface area (Å²) in [5, 5.41) is 3.10. The lowest BCUT2D eigenvalue weighted by Gasteiger charge is -2.19. The van der Waals surface area contributed by atoms with Crippen LogP contribution in [0.4, 0.5) is 5.69 Å². The average molecular weight is 466 g/mol. The maximum Gasteiger partial charge on any atom is 0.330 e. The Balaban J connectivity index is 1.61. The number of fused-ring (bicyclic) bond motifs is 2. The summed E-state index contributed by atoms with van der Waals surface area (Å²) in [5.41, 5.74) is 3.45. The Bertz CT molecular complexity index is 1300. The monoisotopic (exact) mass is 465 g/mol. The summed E-state index contributed by atoms with van der Waals surface area (Å²) >= 11 is 0. The van der Waals surface area contributed by atoms with E-state index in [0.717, 1.165) is 37.8 Å². The van der Waals surface area contributed by atoms with Crippen LogP contribution in [0.5, 0.6) is 0 Å². The molecule has 1 aliphatic rings. The van der Waals surface area contributed by atoms with Crippen molar-refractivity contribution in [2.24, 2.45) is 5.92 Å². The summed E-state index contributed by atoms with van der Waals surface area (Å²) in [7, 11) is 0. The molecular weight excluding hydrogens is 430 g/mol. The van der Waals surface area contributed by atoms with Crippen LogP contribution in [0.2, 0.25) is 0 Å². The molecule has 8 nitrogen and oxygen atoms in total. The van der Waals surface area contributed by atoms with Crippen LogP contribution < -0.4 is 16.6 Å². The van der Waals surface area contributed by atoms with E-state index < -0.39 is 11.2 Å². The highest BCUT2D eigenvalue weighted by Crippen LogP contribution is 2.28. The summed E-state index contributed by atoms with van der Waals surface area (Å²) in [6.45, 7) is 7.29. The number of H-pyrrole nitrogens is 1. The molecule has 0 radical (unpaired) electrons. The first-order valence-electron chi connectivity index (χ1n) is 12.5. The number of amides is 1. The van der Waals surface area contributed by atoms with Crippen molar-refractivity contribution in [1.29, 1.82) is 0 Å². The zero-order chi connectivity index (χ0) is 24.2. The first-order valence-corrected chi connectivity index (χ1v) is 12.5. The molecule has 2 N–H and O–H groups in total. The van der Waals surface area contributed by atoms with Crippen molar-refractivity contribution in [3.8, 4) is 0 Å². The van der Waals surface area contributed by atoms with Gasteiger partial charge in [-0.15, -0.1) is 0 Å². The molecule has 3 aromatic rings. The van der Waals surface area contributed by atoms with Crippen LogP contribution in [0, 0.1) is 5.92 Å². The molecule has 0 bridgehead atoms. The fraction of sp³-hybridized carbons (Fsp3) is 0.538. The molecule has 0 fully saturated rings. The minimum Gasteiger partial charge on any atom is -0.326 e. The van der Waals surface area contributed by atoms with Crippen LogP contribution in [0.15, 0.2) is 27.8 Å². The topological polar surface area (TPSA) is 102 Å². The summed E-state index contributed by atoms with van der Waals surface area (Å²) < 4.78 is 3.44. The van der Waals surface area contributed by atoms with Crippen LogP contribution in [-0.2, 0) is 37.1 Å². The van der Waals surface area contributed by atoms with Gasteiger partial charge in [-0.05, 0) is 55.2 Å². The number of hydrogen-bond acceptors (Lipinski definition) is 4. The third kappa shape index (κ3) is 5.00. The van der Waals surface area contributed by atoms with Crippen LogP contribution >= 0.6 is 0 Å². The van der Waals surface area contributed by atoms with E-state index in [2.05, 4.69) is 37.1 Å². The van der Waals surface area contributed by atoms with Gasteiger partial charge in [0.1, 0.15) is 5.82 Å². The number of unbranched alkanes of at least 4 members (excludes halogenated alkanes) is 1. The van der Waals surface area contributed by atoms with E-state index in [0.29, 0.717) is 36.5 Å². The Labute approximate surface area is 199 Å². The molecule has 0 saturated heterocycles. The Morgan fingerprint density at radius 1 is 1.18 bits per heavy atom.